The van der Waals surface area contributed by atoms with Gasteiger partial charge < -0.3 is 15.7 Å². The van der Waals surface area contributed by atoms with Crippen LogP contribution in [0.3, 0.4) is 0 Å². The molecule has 1 aliphatic carbocycles. The number of rotatable bonds is 2. The molecular formula is C15H22N2O. The zero-order valence-corrected chi connectivity index (χ0v) is 10.9. The van der Waals surface area contributed by atoms with Crippen molar-refractivity contribution in [2.45, 2.75) is 49.9 Å². The highest BCUT2D eigenvalue weighted by Crippen LogP contribution is 2.41. The van der Waals surface area contributed by atoms with Crippen LogP contribution >= 0.6 is 0 Å². The highest BCUT2D eigenvalue weighted by molar-refractivity contribution is 5.36. The van der Waals surface area contributed by atoms with Crippen LogP contribution in [-0.4, -0.2) is 23.8 Å². The quantitative estimate of drug-likeness (QED) is 0.744. The van der Waals surface area contributed by atoms with Crippen LogP contribution in [0.5, 0.6) is 0 Å². The minimum atomic E-state index is -0.569. The summed E-state index contributed by atoms with van der Waals surface area (Å²) in [5.41, 5.74) is 2.06. The van der Waals surface area contributed by atoms with Crippen LogP contribution in [0.15, 0.2) is 24.3 Å². The van der Waals surface area contributed by atoms with Gasteiger partial charge in [-0.2, -0.15) is 0 Å². The summed E-state index contributed by atoms with van der Waals surface area (Å²) in [5.74, 6) is 0. The zero-order chi connectivity index (χ0) is 12.6. The van der Waals surface area contributed by atoms with Crippen LogP contribution in [0.2, 0.25) is 0 Å². The molecule has 1 fully saturated rings. The fourth-order valence-electron chi connectivity index (χ4n) is 3.47. The van der Waals surface area contributed by atoms with Crippen molar-refractivity contribution in [2.24, 2.45) is 0 Å². The third kappa shape index (κ3) is 1.96. The molecule has 0 radical (unpaired) electrons. The van der Waals surface area contributed by atoms with Crippen molar-refractivity contribution in [1.29, 1.82) is 0 Å². The number of aliphatic hydroxyl groups is 1. The number of hydrogen-bond acceptors (Lipinski definition) is 3. The van der Waals surface area contributed by atoms with E-state index in [1.807, 2.05) is 7.05 Å². The van der Waals surface area contributed by atoms with Crippen LogP contribution in [0.25, 0.3) is 0 Å². The highest BCUT2D eigenvalue weighted by atomic mass is 16.3. The molecular weight excluding hydrogens is 224 g/mol. The lowest BCUT2D eigenvalue weighted by atomic mass is 9.75. The van der Waals surface area contributed by atoms with E-state index in [4.69, 9.17) is 0 Å². The molecule has 1 heterocycles. The molecule has 3 N–H and O–H groups in total. The highest BCUT2D eigenvalue weighted by Gasteiger charge is 2.43. The second-order valence-electron chi connectivity index (χ2n) is 5.68. The average Bonchev–Trinajstić information content (AvgIpc) is 2.84. The Bertz CT molecular complexity index is 424. The van der Waals surface area contributed by atoms with E-state index in [0.717, 1.165) is 32.2 Å². The molecule has 0 bridgehead atoms. The van der Waals surface area contributed by atoms with E-state index in [0.29, 0.717) is 6.04 Å². The molecule has 3 nitrogen and oxygen atoms in total. The Hall–Kier alpha value is -0.900. The summed E-state index contributed by atoms with van der Waals surface area (Å²) in [5, 5.41) is 17.8. The molecule has 1 unspecified atom stereocenters. The monoisotopic (exact) mass is 246 g/mol. The maximum absolute atomic E-state index is 10.9. The van der Waals surface area contributed by atoms with E-state index in [1.165, 1.54) is 11.1 Å². The van der Waals surface area contributed by atoms with Gasteiger partial charge in [0.15, 0.2) is 0 Å². The average molecular weight is 246 g/mol. The smallest absolute Gasteiger partial charge is 0.0842 e. The standard InChI is InChI=1S/C15H22N2O/c1-16-12-6-8-15(18,9-7-12)14-13-5-3-2-4-11(13)10-17-14/h2-5,12,14,16-18H,6-10H2,1H3. The van der Waals surface area contributed by atoms with Crippen molar-refractivity contribution >= 4 is 0 Å². The lowest BCUT2D eigenvalue weighted by molar-refractivity contribution is -0.0344. The van der Waals surface area contributed by atoms with Gasteiger partial charge in [0.05, 0.1) is 11.6 Å². The Kier molecular flexibility index (Phi) is 3.14. The number of benzene rings is 1. The Morgan fingerprint density at radius 2 is 2.00 bits per heavy atom. The van der Waals surface area contributed by atoms with Crippen molar-refractivity contribution in [3.05, 3.63) is 35.4 Å². The summed E-state index contributed by atoms with van der Waals surface area (Å²) < 4.78 is 0. The van der Waals surface area contributed by atoms with Crippen LogP contribution < -0.4 is 10.6 Å². The first-order chi connectivity index (χ1) is 8.73. The summed E-state index contributed by atoms with van der Waals surface area (Å²) >= 11 is 0. The van der Waals surface area contributed by atoms with Crippen molar-refractivity contribution in [2.75, 3.05) is 7.05 Å². The largest absolute Gasteiger partial charge is 0.388 e. The molecule has 2 aliphatic rings. The molecule has 98 valence electrons. The lowest BCUT2D eigenvalue weighted by Crippen LogP contribution is -2.47. The minimum Gasteiger partial charge on any atom is -0.388 e. The Morgan fingerprint density at radius 1 is 1.28 bits per heavy atom. The van der Waals surface area contributed by atoms with E-state index in [9.17, 15) is 5.11 Å². The van der Waals surface area contributed by atoms with Gasteiger partial charge in [0.1, 0.15) is 0 Å². The molecule has 0 spiro atoms. The first-order valence-electron chi connectivity index (χ1n) is 6.94. The number of fused-ring (bicyclic) bond motifs is 1. The van der Waals surface area contributed by atoms with Crippen molar-refractivity contribution in [1.82, 2.24) is 10.6 Å². The molecule has 18 heavy (non-hydrogen) atoms. The number of hydrogen-bond donors (Lipinski definition) is 3. The fraction of sp³-hybridized carbons (Fsp3) is 0.600. The molecule has 0 aromatic heterocycles. The molecule has 1 saturated carbocycles. The van der Waals surface area contributed by atoms with Crippen LogP contribution in [0.4, 0.5) is 0 Å². The van der Waals surface area contributed by atoms with Crippen molar-refractivity contribution < 1.29 is 5.11 Å². The third-order valence-electron chi connectivity index (χ3n) is 4.66. The summed E-state index contributed by atoms with van der Waals surface area (Å²) in [7, 11) is 2.01. The number of nitrogens with one attached hydrogen (secondary N) is 2. The van der Waals surface area contributed by atoms with Crippen molar-refractivity contribution in [3.8, 4) is 0 Å². The topological polar surface area (TPSA) is 44.3 Å². The zero-order valence-electron chi connectivity index (χ0n) is 10.9. The van der Waals surface area contributed by atoms with E-state index < -0.39 is 5.60 Å². The van der Waals surface area contributed by atoms with Gasteiger partial charge in [-0.1, -0.05) is 24.3 Å². The molecule has 3 heteroatoms. The normalized spacial score (nSPS) is 35.4. The first-order valence-corrected chi connectivity index (χ1v) is 6.94. The fourth-order valence-corrected chi connectivity index (χ4v) is 3.47. The molecule has 1 aliphatic heterocycles. The van der Waals surface area contributed by atoms with Gasteiger partial charge in [-0.05, 0) is 43.9 Å². The van der Waals surface area contributed by atoms with Crippen LogP contribution in [-0.2, 0) is 6.54 Å². The third-order valence-corrected chi connectivity index (χ3v) is 4.66. The molecule has 3 rings (SSSR count). The van der Waals surface area contributed by atoms with Gasteiger partial charge >= 0.3 is 0 Å². The van der Waals surface area contributed by atoms with Gasteiger partial charge in [0.25, 0.3) is 0 Å². The SMILES string of the molecule is CNC1CCC(O)(C2NCc3ccccc32)CC1. The second kappa shape index (κ2) is 4.65. The molecule has 1 aromatic carbocycles. The maximum atomic E-state index is 10.9. The summed E-state index contributed by atoms with van der Waals surface area (Å²) in [6.45, 7) is 0.888. The summed E-state index contributed by atoms with van der Waals surface area (Å²) in [6.07, 6.45) is 3.88. The predicted molar refractivity (Wildman–Crippen MR) is 72.3 cm³/mol. The summed E-state index contributed by atoms with van der Waals surface area (Å²) in [6, 6.07) is 9.15. The molecule has 1 aromatic rings. The minimum absolute atomic E-state index is 0.117. The van der Waals surface area contributed by atoms with Crippen molar-refractivity contribution in [3.63, 3.8) is 0 Å². The lowest BCUT2D eigenvalue weighted by Gasteiger charge is -2.40. The maximum Gasteiger partial charge on any atom is 0.0842 e. The Balaban J connectivity index is 1.80. The Morgan fingerprint density at radius 3 is 2.72 bits per heavy atom. The van der Waals surface area contributed by atoms with E-state index >= 15 is 0 Å². The predicted octanol–water partition coefficient (Wildman–Crippen LogP) is 1.72. The second-order valence-corrected chi connectivity index (χ2v) is 5.68. The van der Waals surface area contributed by atoms with E-state index in [1.54, 1.807) is 0 Å². The van der Waals surface area contributed by atoms with Crippen LogP contribution in [0.1, 0.15) is 42.9 Å². The molecule has 0 saturated heterocycles. The van der Waals surface area contributed by atoms with E-state index in [2.05, 4.69) is 34.9 Å². The molecule has 0 amide bonds. The van der Waals surface area contributed by atoms with Gasteiger partial charge in [0.2, 0.25) is 0 Å². The van der Waals surface area contributed by atoms with Crippen LogP contribution in [0, 0.1) is 0 Å². The van der Waals surface area contributed by atoms with Gasteiger partial charge in [-0.3, -0.25) is 0 Å². The first kappa shape index (κ1) is 12.2. The van der Waals surface area contributed by atoms with Gasteiger partial charge in [0, 0.05) is 12.6 Å². The summed E-state index contributed by atoms with van der Waals surface area (Å²) in [4.78, 5) is 0. The Labute approximate surface area is 109 Å². The van der Waals surface area contributed by atoms with Gasteiger partial charge in [-0.15, -0.1) is 0 Å². The molecule has 1 atom stereocenters. The van der Waals surface area contributed by atoms with Gasteiger partial charge in [-0.25, -0.2) is 0 Å². The van der Waals surface area contributed by atoms with E-state index in [-0.39, 0.29) is 6.04 Å².